The summed E-state index contributed by atoms with van der Waals surface area (Å²) >= 11 is 1.53. The molecular weight excluding hydrogens is 538 g/mol. The van der Waals surface area contributed by atoms with Crippen LogP contribution in [0.3, 0.4) is 0 Å². The van der Waals surface area contributed by atoms with Crippen LogP contribution < -0.4 is 11.1 Å². The largest absolute Gasteiger partial charge is 0.458 e. The van der Waals surface area contributed by atoms with E-state index in [-0.39, 0.29) is 29.7 Å². The number of ether oxygens (including phenoxy) is 1. The minimum Gasteiger partial charge on any atom is -0.458 e. The number of anilines is 1. The Balaban J connectivity index is 1.57. The van der Waals surface area contributed by atoms with Crippen LogP contribution in [0.15, 0.2) is 35.2 Å². The Hall–Kier alpha value is -2.59. The number of nitrogens with one attached hydrogen (secondary N) is 1. The van der Waals surface area contributed by atoms with E-state index in [4.69, 9.17) is 15.5 Å². The number of aliphatic hydroxyl groups excluding tert-OH is 2. The van der Waals surface area contributed by atoms with E-state index in [2.05, 4.69) is 12.2 Å². The number of aromatic nitrogens is 1. The number of aliphatic hydroxyl groups is 2. The molecule has 3 heterocycles. The van der Waals surface area contributed by atoms with Crippen molar-refractivity contribution in [3.05, 3.63) is 40.9 Å². The molecule has 0 bridgehead atoms. The van der Waals surface area contributed by atoms with Crippen molar-refractivity contribution in [3.63, 3.8) is 0 Å². The molecule has 9 heteroatoms. The average Bonchev–Trinajstić information content (AvgIpc) is 3.31. The van der Waals surface area contributed by atoms with E-state index in [1.165, 1.54) is 11.3 Å². The molecular formula is C32H45N3O5S. The zero-order chi connectivity index (χ0) is 30.1. The van der Waals surface area contributed by atoms with Crippen molar-refractivity contribution in [2.75, 3.05) is 5.73 Å². The third-order valence-corrected chi connectivity index (χ3v) is 10.1. The van der Waals surface area contributed by atoms with E-state index in [0.29, 0.717) is 12.1 Å². The summed E-state index contributed by atoms with van der Waals surface area (Å²) in [5, 5.41) is 28.3. The Kier molecular flexibility index (Phi) is 9.43. The van der Waals surface area contributed by atoms with Gasteiger partial charge in [-0.15, -0.1) is 11.3 Å². The molecule has 224 valence electrons. The van der Waals surface area contributed by atoms with Crippen LogP contribution in [-0.2, 0) is 14.3 Å². The van der Waals surface area contributed by atoms with E-state index in [1.54, 1.807) is 20.8 Å². The molecule has 41 heavy (non-hydrogen) atoms. The van der Waals surface area contributed by atoms with Crippen LogP contribution in [0.25, 0.3) is 16.6 Å². The minimum absolute atomic E-state index is 0.0604. The summed E-state index contributed by atoms with van der Waals surface area (Å²) in [4.78, 5) is 31.2. The normalized spacial score (nSPS) is 33.6. The number of hydrogen-bond donors (Lipinski definition) is 4. The lowest BCUT2D eigenvalue weighted by Gasteiger charge is -2.34. The second kappa shape index (κ2) is 12.3. The third kappa shape index (κ3) is 7.25. The number of nitrogens with zero attached hydrogens (tertiary/aromatic N) is 1. The van der Waals surface area contributed by atoms with Crippen molar-refractivity contribution in [2.45, 2.75) is 104 Å². The Morgan fingerprint density at radius 2 is 1.85 bits per heavy atom. The number of hydrogen-bond acceptors (Lipinski definition) is 9. The van der Waals surface area contributed by atoms with E-state index >= 15 is 0 Å². The number of fused-ring (bicyclic) bond motifs is 1. The standard InChI is InChI=1S/C32H45N3O5S/c1-18-8-7-13-32(6)25(35-32)15-24(40-27(37)16-26(36)31(4,5)29(39)20(3)28(18)38)19(2)14-23-17-41-30(34-23)21-9-11-22(33)12-10-21/h9-12,14,17-18,20,24-26,28,35-36,38H,7-8,13,15-16,33H2,1-6H3/b19-14+/t18-,20+,24-,25-,26-,28-,32+/m0/s1. The van der Waals surface area contributed by atoms with Gasteiger partial charge < -0.3 is 26.0 Å². The third-order valence-electron chi connectivity index (χ3n) is 9.17. The minimum atomic E-state index is -1.24. The molecule has 2 aliphatic rings. The van der Waals surface area contributed by atoms with Crippen molar-refractivity contribution in [1.29, 1.82) is 0 Å². The quantitative estimate of drug-likeness (QED) is 0.225. The molecule has 0 saturated carbocycles. The Morgan fingerprint density at radius 1 is 1.17 bits per heavy atom. The first-order chi connectivity index (χ1) is 19.2. The monoisotopic (exact) mass is 583 g/mol. The molecule has 0 aliphatic carbocycles. The average molecular weight is 584 g/mol. The van der Waals surface area contributed by atoms with E-state index in [1.807, 2.05) is 49.6 Å². The van der Waals surface area contributed by atoms with Gasteiger partial charge in [-0.2, -0.15) is 0 Å². The molecule has 1 aromatic heterocycles. The molecule has 0 amide bonds. The lowest BCUT2D eigenvalue weighted by molar-refractivity contribution is -0.154. The van der Waals surface area contributed by atoms with Crippen molar-refractivity contribution < 1.29 is 24.5 Å². The van der Waals surface area contributed by atoms with Crippen LogP contribution in [-0.4, -0.2) is 56.8 Å². The summed E-state index contributed by atoms with van der Waals surface area (Å²) in [6, 6.07) is 7.75. The van der Waals surface area contributed by atoms with Gasteiger partial charge in [-0.1, -0.05) is 34.1 Å². The van der Waals surface area contributed by atoms with Crippen LogP contribution in [0.1, 0.15) is 79.3 Å². The van der Waals surface area contributed by atoms with E-state index in [9.17, 15) is 19.8 Å². The Labute approximate surface area is 247 Å². The smallest absolute Gasteiger partial charge is 0.309 e. The second-order valence-corrected chi connectivity index (χ2v) is 13.7. The number of esters is 1. The topological polar surface area (TPSA) is 145 Å². The van der Waals surface area contributed by atoms with E-state index in [0.717, 1.165) is 41.1 Å². The van der Waals surface area contributed by atoms with Gasteiger partial charge in [0.2, 0.25) is 0 Å². The van der Waals surface area contributed by atoms with Crippen LogP contribution in [0.2, 0.25) is 0 Å². The molecule has 2 aliphatic heterocycles. The first-order valence-electron chi connectivity index (χ1n) is 14.6. The van der Waals surface area contributed by atoms with Gasteiger partial charge in [0.05, 0.1) is 29.7 Å². The molecule has 2 aromatic rings. The fourth-order valence-corrected chi connectivity index (χ4v) is 6.66. The van der Waals surface area contributed by atoms with Gasteiger partial charge in [0, 0.05) is 40.6 Å². The Bertz CT molecular complexity index is 1270. The van der Waals surface area contributed by atoms with Crippen LogP contribution in [0.4, 0.5) is 5.69 Å². The maximum Gasteiger partial charge on any atom is 0.309 e. The highest BCUT2D eigenvalue weighted by Crippen LogP contribution is 2.38. The van der Waals surface area contributed by atoms with Crippen LogP contribution in [0, 0.1) is 17.3 Å². The molecule has 2 fully saturated rings. The summed E-state index contributed by atoms with van der Waals surface area (Å²) in [5.74, 6) is -1.54. The number of rotatable bonds is 3. The Morgan fingerprint density at radius 3 is 2.54 bits per heavy atom. The predicted molar refractivity (Wildman–Crippen MR) is 163 cm³/mol. The number of Topliss-reactive ketones (excluding diaryl/α,β-unsaturated/α-hetero) is 1. The van der Waals surface area contributed by atoms with Gasteiger partial charge in [0.1, 0.15) is 16.9 Å². The summed E-state index contributed by atoms with van der Waals surface area (Å²) < 4.78 is 5.99. The highest BCUT2D eigenvalue weighted by atomic mass is 32.1. The zero-order valence-corrected chi connectivity index (χ0v) is 25.8. The molecule has 5 N–H and O–H groups in total. The van der Waals surface area contributed by atoms with Gasteiger partial charge in [0.25, 0.3) is 0 Å². The molecule has 2 saturated heterocycles. The number of carbonyl (C=O) groups excluding carboxylic acids is 2. The zero-order valence-electron chi connectivity index (χ0n) is 25.0. The van der Waals surface area contributed by atoms with Crippen molar-refractivity contribution >= 4 is 34.9 Å². The van der Waals surface area contributed by atoms with E-state index < -0.39 is 35.6 Å². The van der Waals surface area contributed by atoms with Gasteiger partial charge in [-0.05, 0) is 68.5 Å². The molecule has 0 unspecified atom stereocenters. The van der Waals surface area contributed by atoms with Crippen molar-refractivity contribution in [3.8, 4) is 10.6 Å². The molecule has 0 radical (unpaired) electrons. The molecule has 8 nitrogen and oxygen atoms in total. The number of carbonyl (C=O) groups is 2. The SMILES string of the molecule is C/C(=C\c1csc(-c2ccc(N)cc2)n1)[C@@H]1C[C@@H]2N[C@]2(C)CCC[C@H](C)[C@H](O)[C@@H](C)C(=O)C(C)(C)[C@@H](O)CC(=O)O1. The highest BCUT2D eigenvalue weighted by molar-refractivity contribution is 7.13. The van der Waals surface area contributed by atoms with Gasteiger partial charge >= 0.3 is 5.97 Å². The molecule has 4 rings (SSSR count). The van der Waals surface area contributed by atoms with Crippen molar-refractivity contribution in [2.24, 2.45) is 17.3 Å². The fourth-order valence-electron chi connectivity index (χ4n) is 5.88. The summed E-state index contributed by atoms with van der Waals surface area (Å²) in [6.07, 6.45) is 2.27. The summed E-state index contributed by atoms with van der Waals surface area (Å²) in [6.45, 7) is 11.1. The fraction of sp³-hybridized carbons (Fsp3) is 0.594. The van der Waals surface area contributed by atoms with Gasteiger partial charge in [-0.25, -0.2) is 4.98 Å². The number of nitrogen functional groups attached to an aromatic ring is 1. The van der Waals surface area contributed by atoms with Crippen molar-refractivity contribution in [1.82, 2.24) is 10.3 Å². The maximum atomic E-state index is 13.3. The lowest BCUT2D eigenvalue weighted by atomic mass is 9.73. The number of cyclic esters (lactones) is 1. The molecule has 7 atom stereocenters. The maximum absolute atomic E-state index is 13.3. The van der Waals surface area contributed by atoms with Gasteiger partial charge in [-0.3, -0.25) is 9.59 Å². The lowest BCUT2D eigenvalue weighted by Crippen LogP contribution is -2.45. The van der Waals surface area contributed by atoms with Gasteiger partial charge in [0.15, 0.2) is 0 Å². The highest BCUT2D eigenvalue weighted by Gasteiger charge is 2.50. The molecule has 1 aromatic carbocycles. The predicted octanol–water partition coefficient (Wildman–Crippen LogP) is 4.99. The van der Waals surface area contributed by atoms with Crippen LogP contribution in [0.5, 0.6) is 0 Å². The second-order valence-electron chi connectivity index (χ2n) is 12.9. The first-order valence-corrected chi connectivity index (χ1v) is 15.5. The number of ketones is 1. The number of benzene rings is 1. The van der Waals surface area contributed by atoms with Crippen LogP contribution >= 0.6 is 11.3 Å². The first kappa shape index (κ1) is 31.3. The summed E-state index contributed by atoms with van der Waals surface area (Å²) in [7, 11) is 0. The summed E-state index contributed by atoms with van der Waals surface area (Å²) in [5.41, 5.74) is 7.84. The molecule has 0 spiro atoms. The number of thiazole rings is 1. The number of nitrogens with two attached hydrogens (primary N) is 1.